The van der Waals surface area contributed by atoms with Crippen molar-refractivity contribution >= 4 is 58.1 Å². The highest BCUT2D eigenvalue weighted by Gasteiger charge is 2.56. The summed E-state index contributed by atoms with van der Waals surface area (Å²) in [6, 6.07) is 11.1. The van der Waals surface area contributed by atoms with E-state index in [2.05, 4.69) is 23.1 Å². The third kappa shape index (κ3) is 4.02. The zero-order chi connectivity index (χ0) is 27.6. The number of allylic oxidation sites excluding steroid dienone is 3. The maximum absolute atomic E-state index is 13.4. The molecule has 200 valence electrons. The number of likely N-dealkylation sites (N-methyl/N-ethyl adjacent to an activating group) is 1. The zero-order valence-corrected chi connectivity index (χ0v) is 24.3. The molecule has 5 nitrogen and oxygen atoms in total. The Kier molecular flexibility index (Phi) is 6.54. The van der Waals surface area contributed by atoms with Crippen LogP contribution in [0.5, 0.6) is 17.2 Å². The summed E-state index contributed by atoms with van der Waals surface area (Å²) >= 11 is 26.2. The molecule has 2 aliphatic heterocycles. The molecule has 0 fully saturated rings. The molecular formula is C30H23Cl4NO4. The number of hydrogen-bond acceptors (Lipinski definition) is 5. The first-order chi connectivity index (χ1) is 18.6. The Bertz CT molecular complexity index is 1610. The maximum atomic E-state index is 13.4. The van der Waals surface area contributed by atoms with Crippen LogP contribution < -0.4 is 14.4 Å². The predicted octanol–water partition coefficient (Wildman–Crippen LogP) is 9.33. The molecule has 3 aromatic rings. The van der Waals surface area contributed by atoms with Crippen LogP contribution in [0, 0.1) is 0 Å². The van der Waals surface area contributed by atoms with Crippen LogP contribution in [0.1, 0.15) is 53.7 Å². The van der Waals surface area contributed by atoms with Crippen molar-refractivity contribution < 1.29 is 19.0 Å². The highest BCUT2D eigenvalue weighted by molar-refractivity contribution is 6.53. The lowest BCUT2D eigenvalue weighted by molar-refractivity contribution is 0.0224. The van der Waals surface area contributed by atoms with Crippen LogP contribution in [0.25, 0.3) is 0 Å². The quantitative estimate of drug-likeness (QED) is 0.169. The van der Waals surface area contributed by atoms with Crippen LogP contribution in [-0.2, 0) is 10.3 Å². The van der Waals surface area contributed by atoms with Gasteiger partial charge in [0.1, 0.15) is 17.2 Å². The molecule has 0 saturated heterocycles. The standard InChI is InChI=1S/C30H23Cl4NO4/c1-15(2)37-18-10-12-20-22(14-18)38-21-13-17(35(3)16-7-5-4-6-8-16)9-11-19(21)30(20)24-23(29(36)39-30)25(31)27(33)28(34)26(24)32/h5,7-15H,4,6H2,1-3H3. The first kappa shape index (κ1) is 26.4. The molecule has 0 radical (unpaired) electrons. The number of benzene rings is 3. The van der Waals surface area contributed by atoms with E-state index >= 15 is 0 Å². The molecule has 1 unspecified atom stereocenters. The van der Waals surface area contributed by atoms with E-state index in [1.54, 1.807) is 12.1 Å². The molecule has 1 spiro atoms. The summed E-state index contributed by atoms with van der Waals surface area (Å²) in [4.78, 5) is 15.5. The van der Waals surface area contributed by atoms with Crippen molar-refractivity contribution in [3.63, 3.8) is 0 Å². The summed E-state index contributed by atoms with van der Waals surface area (Å²) in [6.07, 6.45) is 8.38. The van der Waals surface area contributed by atoms with Crippen molar-refractivity contribution in [1.29, 1.82) is 0 Å². The third-order valence-electron chi connectivity index (χ3n) is 7.09. The van der Waals surface area contributed by atoms with Crippen LogP contribution in [0.4, 0.5) is 5.69 Å². The Hall–Kier alpha value is -2.83. The minimum absolute atomic E-state index is 0.00458. The van der Waals surface area contributed by atoms with Gasteiger partial charge in [0.15, 0.2) is 5.60 Å². The van der Waals surface area contributed by atoms with Crippen molar-refractivity contribution in [2.75, 3.05) is 11.9 Å². The number of fused-ring (bicyclic) bond motifs is 6. The number of rotatable bonds is 4. The van der Waals surface area contributed by atoms with Gasteiger partial charge in [-0.15, -0.1) is 0 Å². The summed E-state index contributed by atoms with van der Waals surface area (Å²) in [6.45, 7) is 3.88. The minimum atomic E-state index is -1.47. The van der Waals surface area contributed by atoms with Crippen molar-refractivity contribution in [3.8, 4) is 17.2 Å². The first-order valence-corrected chi connectivity index (χ1v) is 14.0. The average Bonchev–Trinajstić information content (AvgIpc) is 3.23. The van der Waals surface area contributed by atoms with E-state index in [0.717, 1.165) is 24.2 Å². The van der Waals surface area contributed by atoms with E-state index in [1.807, 2.05) is 45.2 Å². The SMILES string of the molecule is CC(C)Oc1ccc2c(c1)Oc1cc(N(C)C3=CCCC=C3)ccc1C21OC(=O)c2c(Cl)c(Cl)c(Cl)c(Cl)c21. The monoisotopic (exact) mass is 601 g/mol. The van der Waals surface area contributed by atoms with E-state index in [4.69, 9.17) is 60.6 Å². The van der Waals surface area contributed by atoms with E-state index in [1.165, 1.54) is 0 Å². The van der Waals surface area contributed by atoms with Crippen molar-refractivity contribution in [2.45, 2.75) is 38.4 Å². The van der Waals surface area contributed by atoms with Crippen molar-refractivity contribution in [2.24, 2.45) is 0 Å². The van der Waals surface area contributed by atoms with Crippen LogP contribution in [0.15, 0.2) is 60.3 Å². The Balaban J connectivity index is 1.61. The Morgan fingerprint density at radius 3 is 2.31 bits per heavy atom. The molecule has 0 saturated carbocycles. The lowest BCUT2D eigenvalue weighted by Crippen LogP contribution is -2.33. The van der Waals surface area contributed by atoms with Gasteiger partial charge in [0.05, 0.1) is 31.8 Å². The highest BCUT2D eigenvalue weighted by atomic mass is 35.5. The number of hydrogen-bond donors (Lipinski definition) is 0. The summed E-state index contributed by atoms with van der Waals surface area (Å²) in [5.74, 6) is 0.899. The van der Waals surface area contributed by atoms with Gasteiger partial charge >= 0.3 is 5.97 Å². The molecule has 0 aromatic heterocycles. The van der Waals surface area contributed by atoms with Gasteiger partial charge in [-0.1, -0.05) is 58.6 Å². The molecule has 39 heavy (non-hydrogen) atoms. The molecule has 1 atom stereocenters. The number of ether oxygens (including phenoxy) is 3. The van der Waals surface area contributed by atoms with Gasteiger partial charge in [-0.25, -0.2) is 4.79 Å². The molecule has 6 rings (SSSR count). The second-order valence-electron chi connectivity index (χ2n) is 9.85. The largest absolute Gasteiger partial charge is 0.491 e. The van der Waals surface area contributed by atoms with Crippen molar-refractivity contribution in [3.05, 3.63) is 103 Å². The lowest BCUT2D eigenvalue weighted by Gasteiger charge is -2.37. The van der Waals surface area contributed by atoms with Gasteiger partial charge in [0, 0.05) is 47.3 Å². The fourth-order valence-electron chi connectivity index (χ4n) is 5.35. The average molecular weight is 603 g/mol. The third-order valence-corrected chi connectivity index (χ3v) is 8.89. The van der Waals surface area contributed by atoms with E-state index in [9.17, 15) is 4.79 Å². The number of halogens is 4. The summed E-state index contributed by atoms with van der Waals surface area (Å²) in [7, 11) is 1.99. The second-order valence-corrected chi connectivity index (χ2v) is 11.4. The first-order valence-electron chi connectivity index (χ1n) is 12.5. The Morgan fingerprint density at radius 2 is 1.62 bits per heavy atom. The molecule has 2 heterocycles. The van der Waals surface area contributed by atoms with E-state index < -0.39 is 11.6 Å². The summed E-state index contributed by atoms with van der Waals surface area (Å²) in [5, 5.41) is 0.119. The fraction of sp³-hybridized carbons (Fsp3) is 0.233. The Labute approximate surface area is 246 Å². The molecule has 0 N–H and O–H groups in total. The normalized spacial score (nSPS) is 18.8. The van der Waals surface area contributed by atoms with Crippen molar-refractivity contribution in [1.82, 2.24) is 0 Å². The topological polar surface area (TPSA) is 48.0 Å². The summed E-state index contributed by atoms with van der Waals surface area (Å²) < 4.78 is 18.6. The number of esters is 1. The Morgan fingerprint density at radius 1 is 0.923 bits per heavy atom. The number of anilines is 1. The van der Waals surface area contributed by atoms with Crippen LogP contribution in [0.3, 0.4) is 0 Å². The number of carbonyl (C=O) groups is 1. The van der Waals surface area contributed by atoms with E-state index in [0.29, 0.717) is 33.9 Å². The van der Waals surface area contributed by atoms with E-state index in [-0.39, 0.29) is 31.8 Å². The van der Waals surface area contributed by atoms with Gasteiger partial charge in [-0.2, -0.15) is 0 Å². The minimum Gasteiger partial charge on any atom is -0.491 e. The van der Waals surface area contributed by atoms with Gasteiger partial charge in [0.25, 0.3) is 0 Å². The second kappa shape index (κ2) is 9.67. The molecule has 0 amide bonds. The van der Waals surface area contributed by atoms with Gasteiger partial charge in [-0.05, 0) is 57.0 Å². The van der Waals surface area contributed by atoms with Gasteiger partial charge in [0.2, 0.25) is 0 Å². The van der Waals surface area contributed by atoms with Gasteiger partial charge < -0.3 is 19.1 Å². The maximum Gasteiger partial charge on any atom is 0.341 e. The molecule has 1 aliphatic carbocycles. The molecule has 9 heteroatoms. The number of carbonyl (C=O) groups excluding carboxylic acids is 1. The fourth-order valence-corrected chi connectivity index (χ4v) is 6.42. The smallest absolute Gasteiger partial charge is 0.341 e. The van der Waals surface area contributed by atoms with Crippen LogP contribution >= 0.6 is 46.4 Å². The molecular weight excluding hydrogens is 580 g/mol. The predicted molar refractivity (Wildman–Crippen MR) is 155 cm³/mol. The molecule has 0 bridgehead atoms. The van der Waals surface area contributed by atoms with Crippen LogP contribution in [-0.4, -0.2) is 19.1 Å². The lowest BCUT2D eigenvalue weighted by atomic mass is 9.77. The number of nitrogens with zero attached hydrogens (tertiary/aromatic N) is 1. The van der Waals surface area contributed by atoms with Crippen LogP contribution in [0.2, 0.25) is 20.1 Å². The highest BCUT2D eigenvalue weighted by Crippen LogP contribution is 2.61. The zero-order valence-electron chi connectivity index (χ0n) is 21.3. The summed E-state index contributed by atoms with van der Waals surface area (Å²) in [5.41, 5.74) is 2.06. The molecule has 3 aromatic carbocycles. The van der Waals surface area contributed by atoms with Gasteiger partial charge in [-0.3, -0.25) is 0 Å². The molecule has 3 aliphatic rings.